The fraction of sp³-hybridized carbons (Fsp3) is 0.667. The van der Waals surface area contributed by atoms with Crippen LogP contribution in [0.5, 0.6) is 0 Å². The number of nitrogens with one attached hydrogen (secondary N) is 2. The molecule has 0 radical (unpaired) electrons. The second-order valence-corrected chi connectivity index (χ2v) is 3.18. The standard InChI is InChI=1S/C9H18FN3/c1-7(11)4-3-5-9(10)6-13-8(2)12/h5,7H,3-4,6,11H2,1-2H3,(H2,12,13)/b9-5-. The number of hydrogen-bond donors (Lipinski definition) is 3. The number of rotatable bonds is 5. The van der Waals surface area contributed by atoms with Crippen molar-refractivity contribution in [2.24, 2.45) is 5.73 Å². The molecule has 76 valence electrons. The highest BCUT2D eigenvalue weighted by Gasteiger charge is 1.96. The van der Waals surface area contributed by atoms with Gasteiger partial charge in [0.2, 0.25) is 0 Å². The summed E-state index contributed by atoms with van der Waals surface area (Å²) in [5.74, 6) is 0.0444. The molecule has 1 unspecified atom stereocenters. The van der Waals surface area contributed by atoms with Crippen molar-refractivity contribution in [1.29, 1.82) is 5.41 Å². The maximum Gasteiger partial charge on any atom is 0.115 e. The van der Waals surface area contributed by atoms with Gasteiger partial charge in [-0.2, -0.15) is 0 Å². The minimum atomic E-state index is -0.229. The van der Waals surface area contributed by atoms with Crippen molar-refractivity contribution in [3.8, 4) is 0 Å². The van der Waals surface area contributed by atoms with E-state index in [2.05, 4.69) is 5.32 Å². The van der Waals surface area contributed by atoms with Gasteiger partial charge in [0.15, 0.2) is 0 Å². The van der Waals surface area contributed by atoms with E-state index in [4.69, 9.17) is 11.1 Å². The summed E-state index contributed by atoms with van der Waals surface area (Å²) in [7, 11) is 0. The van der Waals surface area contributed by atoms with Gasteiger partial charge in [0.25, 0.3) is 0 Å². The maximum atomic E-state index is 12.9. The Kier molecular flexibility index (Phi) is 6.14. The van der Waals surface area contributed by atoms with Gasteiger partial charge in [-0.25, -0.2) is 4.39 Å². The van der Waals surface area contributed by atoms with Gasteiger partial charge in [-0.05, 0) is 26.7 Å². The molecule has 0 saturated heterocycles. The second kappa shape index (κ2) is 6.60. The van der Waals surface area contributed by atoms with E-state index >= 15 is 0 Å². The van der Waals surface area contributed by atoms with Gasteiger partial charge >= 0.3 is 0 Å². The normalized spacial score (nSPS) is 14.0. The van der Waals surface area contributed by atoms with Gasteiger partial charge in [-0.15, -0.1) is 0 Å². The second-order valence-electron chi connectivity index (χ2n) is 3.18. The van der Waals surface area contributed by atoms with Crippen LogP contribution in [0, 0.1) is 5.41 Å². The molecule has 0 spiro atoms. The molecule has 0 saturated carbocycles. The number of nitrogens with two attached hydrogens (primary N) is 1. The molecular formula is C9H18FN3. The van der Waals surface area contributed by atoms with Crippen LogP contribution in [0.15, 0.2) is 11.9 Å². The van der Waals surface area contributed by atoms with E-state index < -0.39 is 0 Å². The highest BCUT2D eigenvalue weighted by molar-refractivity contribution is 5.76. The van der Waals surface area contributed by atoms with Crippen molar-refractivity contribution >= 4 is 5.84 Å². The zero-order valence-corrected chi connectivity index (χ0v) is 8.23. The van der Waals surface area contributed by atoms with E-state index in [-0.39, 0.29) is 24.2 Å². The highest BCUT2D eigenvalue weighted by Crippen LogP contribution is 2.01. The van der Waals surface area contributed by atoms with Gasteiger partial charge in [0.1, 0.15) is 5.83 Å². The Morgan fingerprint density at radius 3 is 2.77 bits per heavy atom. The Morgan fingerprint density at radius 2 is 2.31 bits per heavy atom. The summed E-state index contributed by atoms with van der Waals surface area (Å²) >= 11 is 0. The first kappa shape index (κ1) is 12.1. The largest absolute Gasteiger partial charge is 0.368 e. The van der Waals surface area contributed by atoms with Crippen LogP contribution in [-0.2, 0) is 0 Å². The summed E-state index contributed by atoms with van der Waals surface area (Å²) in [6, 6.07) is 0.112. The molecule has 0 bridgehead atoms. The molecule has 0 aliphatic heterocycles. The Morgan fingerprint density at radius 1 is 1.69 bits per heavy atom. The molecule has 0 fully saturated rings. The van der Waals surface area contributed by atoms with Crippen molar-refractivity contribution in [3.63, 3.8) is 0 Å². The lowest BCUT2D eigenvalue weighted by Gasteiger charge is -2.02. The molecular weight excluding hydrogens is 169 g/mol. The van der Waals surface area contributed by atoms with Gasteiger partial charge in [-0.1, -0.05) is 6.08 Å². The summed E-state index contributed by atoms with van der Waals surface area (Å²) in [5.41, 5.74) is 5.50. The van der Waals surface area contributed by atoms with Gasteiger partial charge < -0.3 is 11.1 Å². The average molecular weight is 187 g/mol. The molecule has 0 aromatic heterocycles. The molecule has 13 heavy (non-hydrogen) atoms. The smallest absolute Gasteiger partial charge is 0.115 e. The fourth-order valence-electron chi connectivity index (χ4n) is 0.792. The van der Waals surface area contributed by atoms with Crippen molar-refractivity contribution < 1.29 is 4.39 Å². The van der Waals surface area contributed by atoms with Crippen LogP contribution in [0.25, 0.3) is 0 Å². The third kappa shape index (κ3) is 9.01. The number of allylic oxidation sites excluding steroid dienone is 1. The van der Waals surface area contributed by atoms with E-state index in [1.165, 1.54) is 6.08 Å². The Balaban J connectivity index is 3.57. The van der Waals surface area contributed by atoms with Crippen LogP contribution in [0.2, 0.25) is 0 Å². The van der Waals surface area contributed by atoms with E-state index in [1.54, 1.807) is 6.92 Å². The first-order valence-electron chi connectivity index (χ1n) is 4.41. The Bertz CT molecular complexity index is 187. The van der Waals surface area contributed by atoms with Crippen LogP contribution >= 0.6 is 0 Å². The first-order valence-corrected chi connectivity index (χ1v) is 4.41. The zero-order chi connectivity index (χ0) is 10.3. The third-order valence-electron chi connectivity index (χ3n) is 1.51. The molecule has 0 aromatic rings. The summed E-state index contributed by atoms with van der Waals surface area (Å²) in [4.78, 5) is 0. The predicted molar refractivity (Wildman–Crippen MR) is 53.5 cm³/mol. The van der Waals surface area contributed by atoms with Crippen LogP contribution in [0.3, 0.4) is 0 Å². The highest BCUT2D eigenvalue weighted by atomic mass is 19.1. The van der Waals surface area contributed by atoms with Crippen molar-refractivity contribution in [2.45, 2.75) is 32.7 Å². The molecule has 0 rings (SSSR count). The molecule has 3 nitrogen and oxygen atoms in total. The lowest BCUT2D eigenvalue weighted by Crippen LogP contribution is -2.20. The molecule has 4 heteroatoms. The van der Waals surface area contributed by atoms with Crippen LogP contribution in [-0.4, -0.2) is 18.4 Å². The number of halogens is 1. The van der Waals surface area contributed by atoms with Crippen LogP contribution < -0.4 is 11.1 Å². The lowest BCUT2D eigenvalue weighted by atomic mass is 10.2. The Labute approximate surface area is 78.7 Å². The lowest BCUT2D eigenvalue weighted by molar-refractivity contribution is 0.588. The summed E-state index contributed by atoms with van der Waals surface area (Å²) in [6.45, 7) is 3.58. The van der Waals surface area contributed by atoms with Crippen LogP contribution in [0.1, 0.15) is 26.7 Å². The number of amidine groups is 1. The summed E-state index contributed by atoms with van der Waals surface area (Å²) < 4.78 is 12.9. The maximum absolute atomic E-state index is 12.9. The quantitative estimate of drug-likeness (QED) is 0.451. The van der Waals surface area contributed by atoms with Gasteiger partial charge in [0, 0.05) is 6.04 Å². The Hall–Kier alpha value is -0.900. The minimum absolute atomic E-state index is 0.105. The van der Waals surface area contributed by atoms with E-state index in [9.17, 15) is 4.39 Å². The molecule has 0 amide bonds. The van der Waals surface area contributed by atoms with E-state index in [0.717, 1.165) is 6.42 Å². The molecule has 0 aromatic carbocycles. The van der Waals surface area contributed by atoms with Gasteiger partial charge in [0.05, 0.1) is 12.4 Å². The minimum Gasteiger partial charge on any atom is -0.368 e. The summed E-state index contributed by atoms with van der Waals surface area (Å²) in [6.07, 6.45) is 2.96. The fourth-order valence-corrected chi connectivity index (χ4v) is 0.792. The van der Waals surface area contributed by atoms with Crippen LogP contribution in [0.4, 0.5) is 4.39 Å². The molecule has 0 aliphatic carbocycles. The molecule has 0 heterocycles. The number of hydrogen-bond acceptors (Lipinski definition) is 2. The van der Waals surface area contributed by atoms with Crippen molar-refractivity contribution in [1.82, 2.24) is 5.32 Å². The monoisotopic (exact) mass is 187 g/mol. The summed E-state index contributed by atoms with van der Waals surface area (Å²) in [5, 5.41) is 9.60. The van der Waals surface area contributed by atoms with Crippen molar-refractivity contribution in [3.05, 3.63) is 11.9 Å². The molecule has 1 atom stereocenters. The molecule has 0 aliphatic rings. The zero-order valence-electron chi connectivity index (χ0n) is 8.23. The third-order valence-corrected chi connectivity index (χ3v) is 1.51. The van der Waals surface area contributed by atoms with Gasteiger partial charge in [-0.3, -0.25) is 5.41 Å². The molecule has 4 N–H and O–H groups in total. The predicted octanol–water partition coefficient (Wildman–Crippen LogP) is 1.55. The van der Waals surface area contributed by atoms with E-state index in [0.29, 0.717) is 6.42 Å². The average Bonchev–Trinajstić information content (AvgIpc) is 2.00. The SMILES string of the molecule is CC(=N)NC/C(F)=C/CCC(C)N. The first-order chi connectivity index (χ1) is 6.02. The van der Waals surface area contributed by atoms with E-state index in [1.807, 2.05) is 6.92 Å². The van der Waals surface area contributed by atoms with Crippen molar-refractivity contribution in [2.75, 3.05) is 6.54 Å². The topological polar surface area (TPSA) is 61.9 Å².